The minimum Gasteiger partial charge on any atom is -0.496 e. The summed E-state index contributed by atoms with van der Waals surface area (Å²) in [6.07, 6.45) is 1.63. The van der Waals surface area contributed by atoms with E-state index in [4.69, 9.17) is 10.5 Å². The number of nitrogens with two attached hydrogens (primary N) is 1. The van der Waals surface area contributed by atoms with Crippen LogP contribution in [0.3, 0.4) is 0 Å². The van der Waals surface area contributed by atoms with Gasteiger partial charge in [-0.1, -0.05) is 12.1 Å². The Bertz CT molecular complexity index is 387. The van der Waals surface area contributed by atoms with Gasteiger partial charge < -0.3 is 15.6 Å². The predicted molar refractivity (Wildman–Crippen MR) is 71.4 cm³/mol. The first-order valence-corrected chi connectivity index (χ1v) is 6.49. The SMILES string of the molecule is COc1cc(CN2CCC(O)CC2)ccc1CN. The Balaban J connectivity index is 2.01. The number of benzene rings is 1. The quantitative estimate of drug-likeness (QED) is 0.840. The van der Waals surface area contributed by atoms with Gasteiger partial charge >= 0.3 is 0 Å². The molecule has 18 heavy (non-hydrogen) atoms. The summed E-state index contributed by atoms with van der Waals surface area (Å²) in [5, 5.41) is 9.48. The van der Waals surface area contributed by atoms with Gasteiger partial charge in [0, 0.05) is 31.7 Å². The van der Waals surface area contributed by atoms with Crippen molar-refractivity contribution in [2.75, 3.05) is 20.2 Å². The van der Waals surface area contributed by atoms with Gasteiger partial charge in [0.15, 0.2) is 0 Å². The average Bonchev–Trinajstić information content (AvgIpc) is 2.41. The van der Waals surface area contributed by atoms with Crippen LogP contribution < -0.4 is 10.5 Å². The summed E-state index contributed by atoms with van der Waals surface area (Å²) in [5.41, 5.74) is 7.93. The van der Waals surface area contributed by atoms with Crippen molar-refractivity contribution < 1.29 is 9.84 Å². The number of piperidine rings is 1. The van der Waals surface area contributed by atoms with Crippen LogP contribution in [0.25, 0.3) is 0 Å². The maximum absolute atomic E-state index is 9.48. The second-order valence-electron chi connectivity index (χ2n) is 4.86. The lowest BCUT2D eigenvalue weighted by atomic mass is 10.1. The molecular formula is C14H22N2O2. The number of methoxy groups -OCH3 is 1. The number of likely N-dealkylation sites (tertiary alicyclic amines) is 1. The number of hydrogen-bond donors (Lipinski definition) is 2. The van der Waals surface area contributed by atoms with Gasteiger partial charge in [-0.3, -0.25) is 4.90 Å². The molecule has 1 saturated heterocycles. The van der Waals surface area contributed by atoms with Crippen molar-refractivity contribution in [1.29, 1.82) is 0 Å². The predicted octanol–water partition coefficient (Wildman–Crippen LogP) is 1.11. The third-order valence-electron chi connectivity index (χ3n) is 3.53. The van der Waals surface area contributed by atoms with Crippen LogP contribution in [0.2, 0.25) is 0 Å². The molecule has 100 valence electrons. The van der Waals surface area contributed by atoms with E-state index in [0.29, 0.717) is 6.54 Å². The normalized spacial score (nSPS) is 17.9. The van der Waals surface area contributed by atoms with E-state index < -0.39 is 0 Å². The summed E-state index contributed by atoms with van der Waals surface area (Å²) in [4.78, 5) is 2.36. The first-order chi connectivity index (χ1) is 8.72. The smallest absolute Gasteiger partial charge is 0.123 e. The van der Waals surface area contributed by atoms with Crippen LogP contribution in [-0.2, 0) is 13.1 Å². The molecule has 0 bridgehead atoms. The molecule has 0 saturated carbocycles. The van der Waals surface area contributed by atoms with Crippen LogP contribution in [0.4, 0.5) is 0 Å². The molecule has 0 spiro atoms. The number of nitrogens with zero attached hydrogens (tertiary/aromatic N) is 1. The Kier molecular flexibility index (Phi) is 4.58. The van der Waals surface area contributed by atoms with Crippen molar-refractivity contribution >= 4 is 0 Å². The van der Waals surface area contributed by atoms with Crippen LogP contribution >= 0.6 is 0 Å². The largest absolute Gasteiger partial charge is 0.496 e. The van der Waals surface area contributed by atoms with Crippen LogP contribution in [0.15, 0.2) is 18.2 Å². The highest BCUT2D eigenvalue weighted by Gasteiger charge is 2.17. The molecule has 0 amide bonds. The van der Waals surface area contributed by atoms with E-state index >= 15 is 0 Å². The highest BCUT2D eigenvalue weighted by atomic mass is 16.5. The molecule has 3 N–H and O–H groups in total. The number of hydrogen-bond acceptors (Lipinski definition) is 4. The Hall–Kier alpha value is -1.10. The van der Waals surface area contributed by atoms with Crippen molar-refractivity contribution in [2.45, 2.75) is 32.0 Å². The molecule has 1 heterocycles. The van der Waals surface area contributed by atoms with Crippen LogP contribution in [-0.4, -0.2) is 36.3 Å². The number of ether oxygens (including phenoxy) is 1. The third-order valence-corrected chi connectivity index (χ3v) is 3.53. The van der Waals surface area contributed by atoms with Crippen LogP contribution in [0.5, 0.6) is 5.75 Å². The molecule has 4 nitrogen and oxygen atoms in total. The fourth-order valence-corrected chi connectivity index (χ4v) is 2.39. The van der Waals surface area contributed by atoms with E-state index in [9.17, 15) is 5.11 Å². The first-order valence-electron chi connectivity index (χ1n) is 6.49. The van der Waals surface area contributed by atoms with Crippen LogP contribution in [0, 0.1) is 0 Å². The van der Waals surface area contributed by atoms with Crippen molar-refractivity contribution in [3.8, 4) is 5.75 Å². The summed E-state index contributed by atoms with van der Waals surface area (Å²) < 4.78 is 5.34. The maximum Gasteiger partial charge on any atom is 0.123 e. The molecule has 0 radical (unpaired) electrons. The zero-order valence-corrected chi connectivity index (χ0v) is 10.9. The second kappa shape index (κ2) is 6.18. The van der Waals surface area contributed by atoms with E-state index in [1.807, 2.05) is 6.07 Å². The lowest BCUT2D eigenvalue weighted by Crippen LogP contribution is -2.35. The van der Waals surface area contributed by atoms with Crippen LogP contribution in [0.1, 0.15) is 24.0 Å². The number of aliphatic hydroxyl groups excluding tert-OH is 1. The molecule has 0 unspecified atom stereocenters. The van der Waals surface area contributed by atoms with E-state index in [1.165, 1.54) is 5.56 Å². The van der Waals surface area contributed by atoms with Gasteiger partial charge in [-0.25, -0.2) is 0 Å². The topological polar surface area (TPSA) is 58.7 Å². The van der Waals surface area contributed by atoms with Gasteiger partial charge in [0.05, 0.1) is 13.2 Å². The summed E-state index contributed by atoms with van der Waals surface area (Å²) in [5.74, 6) is 0.868. The molecule has 1 aliphatic heterocycles. The van der Waals surface area contributed by atoms with Crippen molar-refractivity contribution in [3.63, 3.8) is 0 Å². The van der Waals surface area contributed by atoms with E-state index in [-0.39, 0.29) is 6.10 Å². The van der Waals surface area contributed by atoms with Gasteiger partial charge in [-0.2, -0.15) is 0 Å². The Labute approximate surface area is 108 Å². The van der Waals surface area contributed by atoms with E-state index in [2.05, 4.69) is 17.0 Å². The first kappa shape index (κ1) is 13.3. The standard InChI is InChI=1S/C14H22N2O2/c1-18-14-8-11(2-3-12(14)9-15)10-16-6-4-13(17)5-7-16/h2-3,8,13,17H,4-7,9-10,15H2,1H3. The van der Waals surface area contributed by atoms with Crippen molar-refractivity contribution in [3.05, 3.63) is 29.3 Å². The van der Waals surface area contributed by atoms with Crippen molar-refractivity contribution in [1.82, 2.24) is 4.90 Å². The van der Waals surface area contributed by atoms with E-state index in [0.717, 1.165) is 43.8 Å². The van der Waals surface area contributed by atoms with E-state index in [1.54, 1.807) is 7.11 Å². The molecule has 4 heteroatoms. The molecule has 0 aliphatic carbocycles. The highest BCUT2D eigenvalue weighted by molar-refractivity contribution is 5.37. The molecular weight excluding hydrogens is 228 g/mol. The lowest BCUT2D eigenvalue weighted by molar-refractivity contribution is 0.0792. The zero-order chi connectivity index (χ0) is 13.0. The molecule has 0 aromatic heterocycles. The third kappa shape index (κ3) is 3.22. The fourth-order valence-electron chi connectivity index (χ4n) is 2.39. The molecule has 1 fully saturated rings. The van der Waals surface area contributed by atoms with Crippen molar-refractivity contribution in [2.24, 2.45) is 5.73 Å². The molecule has 2 rings (SSSR count). The Morgan fingerprint density at radius 1 is 1.39 bits per heavy atom. The van der Waals surface area contributed by atoms with Gasteiger partial charge in [0.1, 0.15) is 5.75 Å². The summed E-state index contributed by atoms with van der Waals surface area (Å²) >= 11 is 0. The van der Waals surface area contributed by atoms with Gasteiger partial charge in [0.2, 0.25) is 0 Å². The zero-order valence-electron chi connectivity index (χ0n) is 10.9. The van der Waals surface area contributed by atoms with Gasteiger partial charge in [-0.05, 0) is 24.5 Å². The Morgan fingerprint density at radius 2 is 2.11 bits per heavy atom. The fraction of sp³-hybridized carbons (Fsp3) is 0.571. The minimum absolute atomic E-state index is 0.115. The molecule has 1 aromatic carbocycles. The Morgan fingerprint density at radius 3 is 2.72 bits per heavy atom. The number of aliphatic hydroxyl groups is 1. The maximum atomic E-state index is 9.48. The van der Waals surface area contributed by atoms with Gasteiger partial charge in [0.25, 0.3) is 0 Å². The summed E-state index contributed by atoms with van der Waals surface area (Å²) in [6.45, 7) is 3.33. The average molecular weight is 250 g/mol. The number of rotatable bonds is 4. The molecule has 0 atom stereocenters. The second-order valence-corrected chi connectivity index (χ2v) is 4.86. The minimum atomic E-state index is -0.115. The highest BCUT2D eigenvalue weighted by Crippen LogP contribution is 2.21. The summed E-state index contributed by atoms with van der Waals surface area (Å²) in [7, 11) is 1.68. The van der Waals surface area contributed by atoms with Gasteiger partial charge in [-0.15, -0.1) is 0 Å². The molecule has 1 aliphatic rings. The monoisotopic (exact) mass is 250 g/mol. The lowest BCUT2D eigenvalue weighted by Gasteiger charge is -2.29. The summed E-state index contributed by atoms with van der Waals surface area (Å²) in [6, 6.07) is 6.20. The molecule has 1 aromatic rings.